The van der Waals surface area contributed by atoms with Crippen LogP contribution in [0.4, 0.5) is 0 Å². The molecule has 9 heteroatoms. The first-order valence-electron chi connectivity index (χ1n) is 10.4. The van der Waals surface area contributed by atoms with E-state index in [0.717, 1.165) is 12.0 Å². The topological polar surface area (TPSA) is 99.8 Å². The molecule has 1 heterocycles. The van der Waals surface area contributed by atoms with Crippen molar-refractivity contribution >= 4 is 35.1 Å². The molecule has 0 bridgehead atoms. The van der Waals surface area contributed by atoms with Crippen LogP contribution in [0.2, 0.25) is 0 Å². The number of rotatable bonds is 7. The van der Waals surface area contributed by atoms with Crippen LogP contribution in [0.1, 0.15) is 35.7 Å². The zero-order valence-corrected chi connectivity index (χ0v) is 18.6. The third-order valence-corrected chi connectivity index (χ3v) is 5.10. The molecule has 1 aliphatic rings. The van der Waals surface area contributed by atoms with Crippen LogP contribution in [-0.4, -0.2) is 40.9 Å². The van der Waals surface area contributed by atoms with Crippen LogP contribution in [0.15, 0.2) is 54.6 Å². The lowest BCUT2D eigenvalue weighted by atomic mass is 10.1. The summed E-state index contributed by atoms with van der Waals surface area (Å²) in [5, 5.41) is 2.46. The number of hydrazine groups is 1. The van der Waals surface area contributed by atoms with Gasteiger partial charge >= 0.3 is 0 Å². The molecule has 1 unspecified atom stereocenters. The van der Waals surface area contributed by atoms with E-state index in [1.807, 2.05) is 37.3 Å². The Labute approximate surface area is 192 Å². The monoisotopic (exact) mass is 454 g/mol. The largest absolute Gasteiger partial charge is 0.494 e. The molecule has 8 nitrogen and oxygen atoms in total. The van der Waals surface area contributed by atoms with Gasteiger partial charge in [0.15, 0.2) is 5.11 Å². The average molecular weight is 455 g/mol. The van der Waals surface area contributed by atoms with Gasteiger partial charge in [-0.1, -0.05) is 43.3 Å². The molecule has 3 N–H and O–H groups in total. The number of ether oxygens (including phenoxy) is 1. The lowest BCUT2D eigenvalue weighted by molar-refractivity contribution is -0.129. The Kier molecular flexibility index (Phi) is 8.15. The maximum Gasteiger partial charge on any atom is 0.257 e. The summed E-state index contributed by atoms with van der Waals surface area (Å²) in [6, 6.07) is 16.4. The second-order valence-electron chi connectivity index (χ2n) is 7.43. The van der Waals surface area contributed by atoms with Crippen LogP contribution >= 0.6 is 12.2 Å². The summed E-state index contributed by atoms with van der Waals surface area (Å²) in [6.07, 6.45) is 0.991. The highest BCUT2D eigenvalue weighted by molar-refractivity contribution is 7.80. The molecule has 0 aliphatic carbocycles. The van der Waals surface area contributed by atoms with E-state index < -0.39 is 11.8 Å². The Morgan fingerprint density at radius 2 is 1.91 bits per heavy atom. The van der Waals surface area contributed by atoms with E-state index in [4.69, 9.17) is 17.0 Å². The third kappa shape index (κ3) is 6.52. The fraction of sp³-hybridized carbons (Fsp3) is 0.304. The molecule has 1 atom stereocenters. The molecule has 1 saturated heterocycles. The smallest absolute Gasteiger partial charge is 0.257 e. The Morgan fingerprint density at radius 1 is 1.12 bits per heavy atom. The van der Waals surface area contributed by atoms with Gasteiger partial charge in [-0.15, -0.1) is 0 Å². The van der Waals surface area contributed by atoms with Gasteiger partial charge in [-0.25, -0.2) is 0 Å². The Balaban J connectivity index is 1.45. The van der Waals surface area contributed by atoms with Gasteiger partial charge in [0.2, 0.25) is 11.8 Å². The van der Waals surface area contributed by atoms with Gasteiger partial charge in [-0.2, -0.15) is 0 Å². The van der Waals surface area contributed by atoms with E-state index in [1.165, 1.54) is 0 Å². The quantitative estimate of drug-likeness (QED) is 0.438. The van der Waals surface area contributed by atoms with Crippen molar-refractivity contribution in [2.24, 2.45) is 5.92 Å². The van der Waals surface area contributed by atoms with Gasteiger partial charge < -0.3 is 9.64 Å². The molecule has 3 amide bonds. The minimum atomic E-state index is -0.496. The molecule has 168 valence electrons. The molecule has 1 fully saturated rings. The zero-order chi connectivity index (χ0) is 22.9. The minimum Gasteiger partial charge on any atom is -0.494 e. The van der Waals surface area contributed by atoms with Crippen molar-refractivity contribution < 1.29 is 19.1 Å². The number of nitrogens with zero attached hydrogens (tertiary/aromatic N) is 1. The van der Waals surface area contributed by atoms with Gasteiger partial charge in [0.25, 0.3) is 5.91 Å². The van der Waals surface area contributed by atoms with Gasteiger partial charge in [0, 0.05) is 25.1 Å². The van der Waals surface area contributed by atoms with Crippen molar-refractivity contribution in [2.75, 3.05) is 13.2 Å². The normalized spacial score (nSPS) is 15.2. The van der Waals surface area contributed by atoms with Gasteiger partial charge in [-0.05, 0) is 42.4 Å². The van der Waals surface area contributed by atoms with E-state index in [1.54, 1.807) is 29.2 Å². The highest BCUT2D eigenvalue weighted by Gasteiger charge is 2.34. The second kappa shape index (κ2) is 11.2. The first-order chi connectivity index (χ1) is 15.5. The summed E-state index contributed by atoms with van der Waals surface area (Å²) >= 11 is 5.09. The lowest BCUT2D eigenvalue weighted by Gasteiger charge is -2.17. The predicted octanol–water partition coefficient (Wildman–Crippen LogP) is 2.16. The first-order valence-corrected chi connectivity index (χ1v) is 10.8. The number of thiocarbonyl (C=S) groups is 1. The number of amides is 3. The number of hydrogen-bond acceptors (Lipinski definition) is 5. The second-order valence-corrected chi connectivity index (χ2v) is 7.84. The molecule has 0 radical (unpaired) electrons. The molecule has 3 rings (SSSR count). The van der Waals surface area contributed by atoms with Crippen LogP contribution in [0, 0.1) is 5.92 Å². The molecule has 0 spiro atoms. The standard InChI is InChI=1S/C23H26N4O4S/c1-2-11-31-19-10-6-9-17(12-19)21(29)24-23(32)26-25-22(30)18-13-20(28)27(15-18)14-16-7-4-3-5-8-16/h3-10,12,18H,2,11,13-15H2,1H3,(H,25,30)(H2,24,26,29,32). The number of likely N-dealkylation sites (tertiary alicyclic amines) is 1. The summed E-state index contributed by atoms with van der Waals surface area (Å²) in [5.74, 6) is -0.762. The summed E-state index contributed by atoms with van der Waals surface area (Å²) < 4.78 is 5.52. The Bertz CT molecular complexity index is 983. The van der Waals surface area contributed by atoms with E-state index in [9.17, 15) is 14.4 Å². The molecular formula is C23H26N4O4S. The van der Waals surface area contributed by atoms with Crippen LogP contribution in [0.5, 0.6) is 5.75 Å². The fourth-order valence-corrected chi connectivity index (χ4v) is 3.42. The summed E-state index contributed by atoms with van der Waals surface area (Å²) in [7, 11) is 0. The van der Waals surface area contributed by atoms with Crippen LogP contribution < -0.4 is 20.9 Å². The van der Waals surface area contributed by atoms with E-state index in [0.29, 0.717) is 31.0 Å². The van der Waals surface area contributed by atoms with Crippen molar-refractivity contribution in [2.45, 2.75) is 26.3 Å². The van der Waals surface area contributed by atoms with Crippen LogP contribution in [-0.2, 0) is 16.1 Å². The summed E-state index contributed by atoms with van der Waals surface area (Å²) in [4.78, 5) is 38.8. The van der Waals surface area contributed by atoms with Crippen LogP contribution in [0.25, 0.3) is 0 Å². The first kappa shape index (κ1) is 23.2. The molecule has 32 heavy (non-hydrogen) atoms. The minimum absolute atomic E-state index is 0.0475. The van der Waals surface area contributed by atoms with Crippen molar-refractivity contribution in [1.29, 1.82) is 0 Å². The predicted molar refractivity (Wildman–Crippen MR) is 124 cm³/mol. The maximum absolute atomic E-state index is 12.5. The number of carbonyl (C=O) groups excluding carboxylic acids is 3. The fourth-order valence-electron chi connectivity index (χ4n) is 3.28. The molecule has 1 aliphatic heterocycles. The highest BCUT2D eigenvalue weighted by Crippen LogP contribution is 2.20. The number of hydrogen-bond donors (Lipinski definition) is 3. The van der Waals surface area contributed by atoms with Crippen molar-refractivity contribution in [3.63, 3.8) is 0 Å². The molecule has 2 aromatic rings. The van der Waals surface area contributed by atoms with Crippen molar-refractivity contribution in [3.8, 4) is 5.75 Å². The molecular weight excluding hydrogens is 428 g/mol. The molecule has 0 saturated carbocycles. The van der Waals surface area contributed by atoms with E-state index >= 15 is 0 Å². The highest BCUT2D eigenvalue weighted by atomic mass is 32.1. The number of nitrogens with one attached hydrogen (secondary N) is 3. The summed E-state index contributed by atoms with van der Waals surface area (Å²) in [5.41, 5.74) is 6.39. The average Bonchev–Trinajstić information content (AvgIpc) is 3.17. The molecule has 2 aromatic carbocycles. The van der Waals surface area contributed by atoms with Gasteiger partial charge in [-0.3, -0.25) is 30.6 Å². The Morgan fingerprint density at radius 3 is 2.66 bits per heavy atom. The summed E-state index contributed by atoms with van der Waals surface area (Å²) in [6.45, 7) is 3.35. The zero-order valence-electron chi connectivity index (χ0n) is 17.8. The third-order valence-electron chi connectivity index (χ3n) is 4.90. The van der Waals surface area contributed by atoms with Gasteiger partial charge in [0.05, 0.1) is 12.5 Å². The van der Waals surface area contributed by atoms with Crippen LogP contribution in [0.3, 0.4) is 0 Å². The lowest BCUT2D eigenvalue weighted by Crippen LogP contribution is -2.50. The van der Waals surface area contributed by atoms with E-state index in [2.05, 4.69) is 16.2 Å². The van der Waals surface area contributed by atoms with Gasteiger partial charge in [0.1, 0.15) is 5.75 Å². The number of benzene rings is 2. The molecule has 0 aromatic heterocycles. The van der Waals surface area contributed by atoms with Crippen molar-refractivity contribution in [1.82, 2.24) is 21.1 Å². The van der Waals surface area contributed by atoms with Crippen molar-refractivity contribution in [3.05, 3.63) is 65.7 Å². The number of carbonyl (C=O) groups is 3. The maximum atomic E-state index is 12.5. The van der Waals surface area contributed by atoms with E-state index in [-0.39, 0.29) is 23.3 Å². The Hall–Kier alpha value is -3.46. The SMILES string of the molecule is CCCOc1cccc(C(=O)NC(=S)NNC(=O)C2CC(=O)N(Cc3ccccc3)C2)c1.